The topological polar surface area (TPSA) is 61.3 Å². The van der Waals surface area contributed by atoms with E-state index in [-0.39, 0.29) is 4.75 Å². The van der Waals surface area contributed by atoms with Crippen molar-refractivity contribution in [3.63, 3.8) is 0 Å². The number of hydrogen-bond donors (Lipinski definition) is 2. The lowest BCUT2D eigenvalue weighted by molar-refractivity contribution is 0.443. The van der Waals surface area contributed by atoms with E-state index in [0.29, 0.717) is 12.0 Å². The van der Waals surface area contributed by atoms with Crippen molar-refractivity contribution in [1.82, 2.24) is 0 Å². The maximum atomic E-state index is 6.16. The quantitative estimate of drug-likeness (QED) is 0.597. The molecule has 2 rings (SSSR count). The van der Waals surface area contributed by atoms with E-state index in [4.69, 9.17) is 15.7 Å². The van der Waals surface area contributed by atoms with Crippen molar-refractivity contribution in [2.45, 2.75) is 68.0 Å². The van der Waals surface area contributed by atoms with Crippen molar-refractivity contribution in [3.05, 3.63) is 60.7 Å². The summed E-state index contributed by atoms with van der Waals surface area (Å²) in [5.41, 5.74) is 11.1. The van der Waals surface area contributed by atoms with Crippen molar-refractivity contribution < 1.29 is 4.18 Å². The molecular formula is C24H40N2OS. The van der Waals surface area contributed by atoms with Gasteiger partial charge < -0.3 is 15.7 Å². The second kappa shape index (κ2) is 11.6. The van der Waals surface area contributed by atoms with Crippen LogP contribution in [-0.2, 0) is 4.18 Å². The van der Waals surface area contributed by atoms with Crippen LogP contribution in [0.1, 0.15) is 47.5 Å². The van der Waals surface area contributed by atoms with E-state index in [1.807, 2.05) is 7.11 Å². The van der Waals surface area contributed by atoms with Crippen molar-refractivity contribution in [2.24, 2.45) is 17.4 Å². The minimum atomic E-state index is -1.51. The molecule has 0 aliphatic heterocycles. The fraction of sp³-hybridized carbons (Fsp3) is 0.500. The molecule has 0 saturated heterocycles. The summed E-state index contributed by atoms with van der Waals surface area (Å²) in [4.78, 5) is 2.55. The van der Waals surface area contributed by atoms with Gasteiger partial charge in [-0.1, -0.05) is 60.6 Å². The SMILES string of the molecule is CC(C)C(N)CCCN.COS(c1ccccc1)(c1ccccc1)C(C)(C)C. The van der Waals surface area contributed by atoms with E-state index < -0.39 is 10.3 Å². The fourth-order valence-electron chi connectivity index (χ4n) is 3.20. The molecule has 0 aliphatic carbocycles. The second-order valence-corrected chi connectivity index (χ2v) is 11.9. The lowest BCUT2D eigenvalue weighted by Crippen LogP contribution is -2.26. The molecule has 0 saturated carbocycles. The zero-order valence-electron chi connectivity index (χ0n) is 18.5. The van der Waals surface area contributed by atoms with Crippen LogP contribution < -0.4 is 11.5 Å². The fourth-order valence-corrected chi connectivity index (χ4v) is 6.85. The molecule has 2 aromatic carbocycles. The molecular weight excluding hydrogens is 364 g/mol. The Labute approximate surface area is 174 Å². The van der Waals surface area contributed by atoms with Crippen LogP contribution in [0.3, 0.4) is 0 Å². The highest BCUT2D eigenvalue weighted by Gasteiger charge is 2.40. The average molecular weight is 405 g/mol. The summed E-state index contributed by atoms with van der Waals surface area (Å²) in [6, 6.07) is 21.5. The number of nitrogens with two attached hydrogens (primary N) is 2. The molecule has 4 heteroatoms. The normalized spacial score (nSPS) is 13.6. The Morgan fingerprint density at radius 2 is 1.32 bits per heavy atom. The third-order valence-electron chi connectivity index (χ3n) is 4.86. The second-order valence-electron chi connectivity index (χ2n) is 8.30. The summed E-state index contributed by atoms with van der Waals surface area (Å²) in [7, 11) is 0.326. The Balaban J connectivity index is 0.000000370. The Kier molecular flexibility index (Phi) is 10.3. The predicted octanol–water partition coefficient (Wildman–Crippen LogP) is 5.98. The van der Waals surface area contributed by atoms with Crippen LogP contribution in [0.5, 0.6) is 0 Å². The number of benzene rings is 2. The average Bonchev–Trinajstić information content (AvgIpc) is 2.68. The van der Waals surface area contributed by atoms with Gasteiger partial charge in [-0.05, 0) is 70.3 Å². The van der Waals surface area contributed by atoms with Gasteiger partial charge >= 0.3 is 0 Å². The van der Waals surface area contributed by atoms with Gasteiger partial charge in [-0.2, -0.15) is 0 Å². The van der Waals surface area contributed by atoms with E-state index in [1.165, 1.54) is 9.79 Å². The molecule has 2 aromatic rings. The van der Waals surface area contributed by atoms with Crippen molar-refractivity contribution in [3.8, 4) is 0 Å². The van der Waals surface area contributed by atoms with Crippen LogP contribution in [0, 0.1) is 5.92 Å². The molecule has 1 unspecified atom stereocenters. The van der Waals surface area contributed by atoms with Gasteiger partial charge in [-0.25, -0.2) is 0 Å². The molecule has 4 N–H and O–H groups in total. The van der Waals surface area contributed by atoms with Crippen molar-refractivity contribution in [2.75, 3.05) is 13.7 Å². The van der Waals surface area contributed by atoms with Crippen LogP contribution >= 0.6 is 10.3 Å². The minimum Gasteiger partial charge on any atom is -0.331 e. The standard InChI is InChI=1S/C17H22OS.C7H18N2/c1-17(2,3)19(18-4,15-11-7-5-8-12-15)16-13-9-6-10-14-16;1-6(2)7(9)4-3-5-8/h5-14H,1-4H3;6-7H,3-5,8-9H2,1-2H3. The molecule has 0 bridgehead atoms. The molecule has 3 nitrogen and oxygen atoms in total. The third kappa shape index (κ3) is 6.35. The lowest BCUT2D eigenvalue weighted by Gasteiger charge is -2.49. The summed E-state index contributed by atoms with van der Waals surface area (Å²) >= 11 is 0. The van der Waals surface area contributed by atoms with Crippen molar-refractivity contribution >= 4 is 10.3 Å². The van der Waals surface area contributed by atoms with E-state index in [0.717, 1.165) is 19.4 Å². The molecule has 0 radical (unpaired) electrons. The summed E-state index contributed by atoms with van der Waals surface area (Å²) in [5.74, 6) is 0.594. The lowest BCUT2D eigenvalue weighted by atomic mass is 10.0. The smallest absolute Gasteiger partial charge is 0.0490 e. The highest BCUT2D eigenvalue weighted by atomic mass is 32.3. The highest BCUT2D eigenvalue weighted by molar-refractivity contribution is 8.31. The van der Waals surface area contributed by atoms with E-state index in [2.05, 4.69) is 95.3 Å². The van der Waals surface area contributed by atoms with Gasteiger partial charge in [-0.15, -0.1) is 0 Å². The molecule has 0 aliphatic rings. The summed E-state index contributed by atoms with van der Waals surface area (Å²) in [6.45, 7) is 11.8. The maximum absolute atomic E-state index is 6.16. The summed E-state index contributed by atoms with van der Waals surface area (Å²) in [5, 5.41) is 0. The first-order chi connectivity index (χ1) is 13.2. The maximum Gasteiger partial charge on any atom is 0.0490 e. The van der Waals surface area contributed by atoms with E-state index >= 15 is 0 Å². The number of hydrogen-bond acceptors (Lipinski definition) is 3. The van der Waals surface area contributed by atoms with Crippen LogP contribution in [0.2, 0.25) is 0 Å². The summed E-state index contributed by atoms with van der Waals surface area (Å²) < 4.78 is 6.19. The zero-order valence-corrected chi connectivity index (χ0v) is 19.3. The van der Waals surface area contributed by atoms with Crippen LogP contribution in [0.25, 0.3) is 0 Å². The Morgan fingerprint density at radius 3 is 1.61 bits per heavy atom. The van der Waals surface area contributed by atoms with Gasteiger partial charge in [-0.3, -0.25) is 0 Å². The molecule has 0 amide bonds. The van der Waals surface area contributed by atoms with E-state index in [9.17, 15) is 0 Å². The van der Waals surface area contributed by atoms with Crippen LogP contribution in [0.15, 0.2) is 70.5 Å². The third-order valence-corrected chi connectivity index (χ3v) is 8.96. The number of rotatable bonds is 7. The molecule has 0 aromatic heterocycles. The molecule has 0 heterocycles. The molecule has 0 fully saturated rings. The van der Waals surface area contributed by atoms with Gasteiger partial charge in [0.1, 0.15) is 0 Å². The summed E-state index contributed by atoms with van der Waals surface area (Å²) in [6.07, 6.45) is 2.12. The van der Waals surface area contributed by atoms with Gasteiger partial charge in [0.2, 0.25) is 0 Å². The Hall–Kier alpha value is -1.33. The largest absolute Gasteiger partial charge is 0.331 e. The molecule has 1 atom stereocenters. The van der Waals surface area contributed by atoms with Crippen LogP contribution in [0.4, 0.5) is 0 Å². The van der Waals surface area contributed by atoms with Gasteiger partial charge in [0.05, 0.1) is 0 Å². The van der Waals surface area contributed by atoms with E-state index in [1.54, 1.807) is 0 Å². The monoisotopic (exact) mass is 404 g/mol. The Bertz CT molecular complexity index is 614. The molecule has 0 spiro atoms. The molecule has 158 valence electrons. The van der Waals surface area contributed by atoms with Crippen molar-refractivity contribution in [1.29, 1.82) is 0 Å². The van der Waals surface area contributed by atoms with Gasteiger partial charge in [0.15, 0.2) is 0 Å². The van der Waals surface area contributed by atoms with Gasteiger partial charge in [0.25, 0.3) is 0 Å². The van der Waals surface area contributed by atoms with Gasteiger partial charge in [0, 0.05) is 27.7 Å². The first-order valence-electron chi connectivity index (χ1n) is 10.1. The minimum absolute atomic E-state index is 0.0322. The molecule has 28 heavy (non-hydrogen) atoms. The zero-order chi connectivity index (χ0) is 21.2. The predicted molar refractivity (Wildman–Crippen MR) is 125 cm³/mol. The highest BCUT2D eigenvalue weighted by Crippen LogP contribution is 2.70. The Morgan fingerprint density at radius 1 is 0.893 bits per heavy atom. The van der Waals surface area contributed by atoms with Crippen LogP contribution in [-0.4, -0.2) is 24.4 Å². The first-order valence-corrected chi connectivity index (χ1v) is 11.7. The first kappa shape index (κ1) is 24.7.